The number of rotatable bonds is 4. The lowest BCUT2D eigenvalue weighted by atomic mass is 9.99. The number of nitrogens with one attached hydrogen (secondary N) is 1. The molecule has 4 rings (SSSR count). The first-order chi connectivity index (χ1) is 13.8. The molecule has 0 saturated carbocycles. The largest absolute Gasteiger partial charge is 0.483 e. The van der Waals surface area contributed by atoms with Gasteiger partial charge in [-0.3, -0.25) is 19.2 Å². The van der Waals surface area contributed by atoms with Gasteiger partial charge in [0, 0.05) is 18.6 Å². The first kappa shape index (κ1) is 19.0. The van der Waals surface area contributed by atoms with Crippen molar-refractivity contribution in [3.8, 4) is 5.75 Å². The number of Topliss-reactive ketones (excluding diaryl/α,β-unsaturated/α-hetero) is 2. The van der Waals surface area contributed by atoms with E-state index in [4.69, 9.17) is 4.74 Å². The van der Waals surface area contributed by atoms with Crippen molar-refractivity contribution in [3.05, 3.63) is 51.3 Å². The molecule has 1 aromatic carbocycles. The van der Waals surface area contributed by atoms with Crippen LogP contribution in [0.1, 0.15) is 41.1 Å². The van der Waals surface area contributed by atoms with Gasteiger partial charge in [0.2, 0.25) is 5.91 Å². The Morgan fingerprint density at radius 3 is 2.83 bits per heavy atom. The highest BCUT2D eigenvalue weighted by atomic mass is 32.1. The molecule has 1 aliphatic rings. The number of carbonyl (C=O) groups is 3. The predicted octanol–water partition coefficient (Wildman–Crippen LogP) is 2.62. The van der Waals surface area contributed by atoms with E-state index < -0.39 is 12.0 Å². The van der Waals surface area contributed by atoms with Gasteiger partial charge in [0.1, 0.15) is 23.2 Å². The fraction of sp³-hybridized carbons (Fsp3) is 0.250. The van der Waals surface area contributed by atoms with Crippen LogP contribution in [0.3, 0.4) is 0 Å². The number of hydrogen-bond donors (Lipinski definition) is 1. The van der Waals surface area contributed by atoms with Crippen LogP contribution in [0.4, 0.5) is 5.13 Å². The Balaban J connectivity index is 1.68. The third kappa shape index (κ3) is 3.44. The summed E-state index contributed by atoms with van der Waals surface area (Å²) < 4.78 is 7.54. The quantitative estimate of drug-likeness (QED) is 0.662. The van der Waals surface area contributed by atoms with Crippen molar-refractivity contribution in [3.63, 3.8) is 0 Å². The Morgan fingerprint density at radius 1 is 1.31 bits per heavy atom. The van der Waals surface area contributed by atoms with Gasteiger partial charge in [-0.15, -0.1) is 0 Å². The summed E-state index contributed by atoms with van der Waals surface area (Å²) in [6, 6.07) is 7.24. The van der Waals surface area contributed by atoms with Crippen molar-refractivity contribution in [2.75, 3.05) is 5.32 Å². The molecule has 0 bridgehead atoms. The van der Waals surface area contributed by atoms with Crippen molar-refractivity contribution in [2.24, 2.45) is 7.05 Å². The van der Waals surface area contributed by atoms with Crippen molar-refractivity contribution in [1.29, 1.82) is 0 Å². The second-order valence-electron chi connectivity index (χ2n) is 6.81. The van der Waals surface area contributed by atoms with Gasteiger partial charge in [-0.1, -0.05) is 23.5 Å². The van der Waals surface area contributed by atoms with Gasteiger partial charge in [-0.2, -0.15) is 0 Å². The minimum atomic E-state index is -0.610. The Kier molecular flexibility index (Phi) is 4.75. The Labute approximate surface area is 169 Å². The van der Waals surface area contributed by atoms with E-state index in [1.54, 1.807) is 13.1 Å². The molecule has 0 aliphatic carbocycles. The topological polar surface area (TPSA) is 107 Å². The number of amides is 1. The molecule has 3 aromatic rings. The lowest BCUT2D eigenvalue weighted by molar-refractivity contribution is -0.124. The van der Waals surface area contributed by atoms with Gasteiger partial charge < -0.3 is 14.6 Å². The molecule has 1 N–H and O–H groups in total. The van der Waals surface area contributed by atoms with Gasteiger partial charge in [-0.05, 0) is 19.1 Å². The number of hydrogen-bond acceptors (Lipinski definition) is 7. The molecule has 1 atom stereocenters. The molecule has 1 aliphatic heterocycles. The minimum Gasteiger partial charge on any atom is -0.483 e. The number of aromatic nitrogens is 2. The summed E-state index contributed by atoms with van der Waals surface area (Å²) in [6.07, 6.45) is 0.696. The van der Waals surface area contributed by atoms with Crippen LogP contribution in [-0.2, 0) is 16.6 Å². The van der Waals surface area contributed by atoms with E-state index in [1.165, 1.54) is 29.0 Å². The van der Waals surface area contributed by atoms with Crippen molar-refractivity contribution >= 4 is 44.8 Å². The zero-order chi connectivity index (χ0) is 20.7. The zero-order valence-corrected chi connectivity index (χ0v) is 16.5. The average molecular weight is 411 g/mol. The van der Waals surface area contributed by atoms with E-state index in [0.717, 1.165) is 0 Å². The van der Waals surface area contributed by atoms with Crippen LogP contribution in [0, 0.1) is 0 Å². The van der Waals surface area contributed by atoms with E-state index in [9.17, 15) is 19.2 Å². The maximum absolute atomic E-state index is 12.8. The summed E-state index contributed by atoms with van der Waals surface area (Å²) in [7, 11) is 1.63. The average Bonchev–Trinajstić information content (AvgIpc) is 3.13. The number of carbonyl (C=O) groups excluding carboxylic acids is 3. The molecule has 0 radical (unpaired) electrons. The van der Waals surface area contributed by atoms with Gasteiger partial charge in [-0.25, -0.2) is 4.98 Å². The number of anilines is 1. The SMILES string of the molecule is CC(=O)CC(=O)Nc1ncc(C2CC(=O)c3c(c4ccccc4n(C)c3=O)O2)s1. The summed E-state index contributed by atoms with van der Waals surface area (Å²) in [5.74, 6) is -0.705. The highest BCUT2D eigenvalue weighted by Gasteiger charge is 2.33. The second-order valence-corrected chi connectivity index (χ2v) is 7.88. The molecule has 0 fully saturated rings. The number of thiazole rings is 1. The van der Waals surface area contributed by atoms with Gasteiger partial charge in [0.05, 0.1) is 23.2 Å². The maximum atomic E-state index is 12.8. The Morgan fingerprint density at radius 2 is 2.07 bits per heavy atom. The number of para-hydroxylation sites is 1. The standard InChI is InChI=1S/C20H17N3O5S/c1-10(24)7-16(26)22-20-21-9-15(29-20)14-8-13(25)17-18(28-14)11-5-3-4-6-12(11)23(2)19(17)27/h3-6,9,14H,7-8H2,1-2H3,(H,21,22,26). The first-order valence-corrected chi connectivity index (χ1v) is 9.73. The molecule has 9 heteroatoms. The minimum absolute atomic E-state index is 0.00358. The number of ketones is 2. The first-order valence-electron chi connectivity index (χ1n) is 8.91. The van der Waals surface area contributed by atoms with Gasteiger partial charge in [0.15, 0.2) is 10.9 Å². The molecule has 0 saturated heterocycles. The third-order valence-electron chi connectivity index (χ3n) is 4.66. The fourth-order valence-corrected chi connectivity index (χ4v) is 4.19. The van der Waals surface area contributed by atoms with Crippen LogP contribution in [0.15, 0.2) is 35.3 Å². The Bertz CT molecular complexity index is 1230. The molecule has 1 amide bonds. The molecule has 0 spiro atoms. The van der Waals surface area contributed by atoms with Crippen LogP contribution >= 0.6 is 11.3 Å². The smallest absolute Gasteiger partial charge is 0.265 e. The number of aryl methyl sites for hydroxylation is 1. The summed E-state index contributed by atoms with van der Waals surface area (Å²) >= 11 is 1.17. The summed E-state index contributed by atoms with van der Waals surface area (Å²) in [4.78, 5) is 53.0. The molecular formula is C20H17N3O5S. The number of pyridine rings is 1. The molecule has 8 nitrogen and oxygen atoms in total. The van der Waals surface area contributed by atoms with E-state index in [2.05, 4.69) is 10.3 Å². The fourth-order valence-electron chi connectivity index (χ4n) is 3.33. The van der Waals surface area contributed by atoms with Crippen LogP contribution in [-0.4, -0.2) is 27.0 Å². The van der Waals surface area contributed by atoms with Crippen LogP contribution < -0.4 is 15.6 Å². The second kappa shape index (κ2) is 7.25. The summed E-state index contributed by atoms with van der Waals surface area (Å²) in [5.41, 5.74) is 0.344. The van der Waals surface area contributed by atoms with Crippen LogP contribution in [0.25, 0.3) is 10.9 Å². The molecule has 2 aromatic heterocycles. The summed E-state index contributed by atoms with van der Waals surface area (Å²) in [5, 5.41) is 3.57. The van der Waals surface area contributed by atoms with E-state index in [-0.39, 0.29) is 41.3 Å². The molecule has 1 unspecified atom stereocenters. The third-order valence-corrected chi connectivity index (χ3v) is 5.67. The number of ether oxygens (including phenoxy) is 1. The van der Waals surface area contributed by atoms with Crippen molar-refractivity contribution < 1.29 is 19.1 Å². The highest BCUT2D eigenvalue weighted by molar-refractivity contribution is 7.15. The predicted molar refractivity (Wildman–Crippen MR) is 108 cm³/mol. The number of benzene rings is 1. The van der Waals surface area contributed by atoms with Crippen LogP contribution in [0.5, 0.6) is 5.75 Å². The van der Waals surface area contributed by atoms with Gasteiger partial charge in [0.25, 0.3) is 5.56 Å². The molecule has 148 valence electrons. The zero-order valence-electron chi connectivity index (χ0n) is 15.7. The van der Waals surface area contributed by atoms with E-state index in [1.807, 2.05) is 18.2 Å². The monoisotopic (exact) mass is 411 g/mol. The number of nitrogens with zero attached hydrogens (tertiary/aromatic N) is 2. The van der Waals surface area contributed by atoms with Gasteiger partial charge >= 0.3 is 0 Å². The van der Waals surface area contributed by atoms with E-state index >= 15 is 0 Å². The molecular weight excluding hydrogens is 394 g/mol. The van der Waals surface area contributed by atoms with Crippen molar-refractivity contribution in [1.82, 2.24) is 9.55 Å². The summed E-state index contributed by atoms with van der Waals surface area (Å²) in [6.45, 7) is 1.33. The number of fused-ring (bicyclic) bond motifs is 3. The van der Waals surface area contributed by atoms with Crippen molar-refractivity contribution in [2.45, 2.75) is 25.9 Å². The molecule has 29 heavy (non-hydrogen) atoms. The normalized spacial score (nSPS) is 15.7. The highest BCUT2D eigenvalue weighted by Crippen LogP contribution is 2.40. The lowest BCUT2D eigenvalue weighted by Gasteiger charge is -2.25. The van der Waals surface area contributed by atoms with Crippen LogP contribution in [0.2, 0.25) is 0 Å². The molecule has 3 heterocycles. The lowest BCUT2D eigenvalue weighted by Crippen LogP contribution is -2.31. The van der Waals surface area contributed by atoms with E-state index in [0.29, 0.717) is 20.9 Å². The Hall–Kier alpha value is -3.33. The maximum Gasteiger partial charge on any atom is 0.265 e.